The van der Waals surface area contributed by atoms with Crippen molar-refractivity contribution >= 4 is 39.1 Å². The van der Waals surface area contributed by atoms with Gasteiger partial charge in [-0.3, -0.25) is 4.79 Å². The number of amides is 1. The zero-order chi connectivity index (χ0) is 28.6. The van der Waals surface area contributed by atoms with E-state index >= 15 is 0 Å². The lowest BCUT2D eigenvalue weighted by molar-refractivity contribution is -0.125. The Morgan fingerprint density at radius 2 is 1.74 bits per heavy atom. The molecule has 216 valence electrons. The maximum Gasteiger partial charge on any atom is 0.245 e. The van der Waals surface area contributed by atoms with Gasteiger partial charge in [-0.15, -0.1) is 0 Å². The number of sulfonamides is 1. The van der Waals surface area contributed by atoms with Crippen LogP contribution in [0.15, 0.2) is 47.4 Å². The highest BCUT2D eigenvalue weighted by atomic mass is 35.5. The molecule has 0 heterocycles. The molecule has 0 aliphatic heterocycles. The number of nitrogens with zero attached hydrogens (tertiary/aromatic N) is 2. The third-order valence-corrected chi connectivity index (χ3v) is 9.92. The second kappa shape index (κ2) is 14.8. The Balaban J connectivity index is 1.33. The van der Waals surface area contributed by atoms with Crippen LogP contribution < -0.4 is 5.32 Å². The monoisotopic (exact) mass is 601 g/mol. The normalized spacial score (nSPS) is 18.9. The van der Waals surface area contributed by atoms with Crippen LogP contribution in [-0.4, -0.2) is 71.0 Å². The van der Waals surface area contributed by atoms with Gasteiger partial charge < -0.3 is 15.0 Å². The van der Waals surface area contributed by atoms with Gasteiger partial charge in [0.05, 0.1) is 11.6 Å². The minimum absolute atomic E-state index is 0.0319. The zero-order valence-corrected chi connectivity index (χ0v) is 25.0. The van der Waals surface area contributed by atoms with Crippen LogP contribution in [0.1, 0.15) is 43.7 Å². The summed E-state index contributed by atoms with van der Waals surface area (Å²) in [6.45, 7) is 0.587. The van der Waals surface area contributed by atoms with Crippen molar-refractivity contribution in [2.45, 2.75) is 43.0 Å². The maximum absolute atomic E-state index is 13.4. The van der Waals surface area contributed by atoms with Crippen LogP contribution in [0.25, 0.3) is 0 Å². The number of rotatable bonds is 13. The van der Waals surface area contributed by atoms with E-state index in [1.807, 2.05) is 12.1 Å². The molecule has 0 bridgehead atoms. The van der Waals surface area contributed by atoms with E-state index in [1.165, 1.54) is 37.4 Å². The van der Waals surface area contributed by atoms with E-state index in [-0.39, 0.29) is 47.4 Å². The van der Waals surface area contributed by atoms with E-state index in [0.717, 1.165) is 42.0 Å². The first-order valence-corrected chi connectivity index (χ1v) is 15.4. The largest absolute Gasteiger partial charge is 0.370 e. The van der Waals surface area contributed by atoms with E-state index < -0.39 is 10.0 Å². The zero-order valence-electron chi connectivity index (χ0n) is 22.7. The average molecular weight is 603 g/mol. The third-order valence-electron chi connectivity index (χ3n) is 7.35. The highest BCUT2D eigenvalue weighted by Crippen LogP contribution is 2.40. The molecule has 2 aromatic rings. The summed E-state index contributed by atoms with van der Waals surface area (Å²) >= 11 is 11.9. The lowest BCUT2D eigenvalue weighted by atomic mass is 9.75. The third kappa shape index (κ3) is 9.13. The minimum atomic E-state index is -3.80. The Morgan fingerprint density at radius 3 is 2.36 bits per heavy atom. The number of hydrogen-bond acceptors (Lipinski definition) is 5. The molecule has 1 aliphatic carbocycles. The molecule has 11 heteroatoms. The number of carbonyl (C=O) groups excluding carboxylic acids is 1. The number of halogens is 3. The summed E-state index contributed by atoms with van der Waals surface area (Å²) < 4.78 is 45.3. The lowest BCUT2D eigenvalue weighted by Gasteiger charge is -2.37. The van der Waals surface area contributed by atoms with Crippen LogP contribution in [-0.2, 0) is 19.6 Å². The van der Waals surface area contributed by atoms with Crippen molar-refractivity contribution in [2.75, 3.05) is 47.4 Å². The number of ether oxygens (including phenoxy) is 1. The van der Waals surface area contributed by atoms with E-state index in [2.05, 4.69) is 24.3 Å². The van der Waals surface area contributed by atoms with Gasteiger partial charge in [-0.2, -0.15) is 4.31 Å². The first kappa shape index (κ1) is 31.8. The number of hydrogen-bond donors (Lipinski definition) is 1. The van der Waals surface area contributed by atoms with E-state index in [4.69, 9.17) is 27.9 Å². The maximum atomic E-state index is 13.4. The van der Waals surface area contributed by atoms with E-state index in [0.29, 0.717) is 23.4 Å². The lowest BCUT2D eigenvalue weighted by Crippen LogP contribution is -2.34. The summed E-state index contributed by atoms with van der Waals surface area (Å²) in [5.74, 6) is 0.630. The number of likely N-dealkylation sites (N-methyl/N-ethyl adjacent to an activating group) is 1. The Kier molecular flexibility index (Phi) is 12.0. The van der Waals surface area contributed by atoms with Gasteiger partial charge in [0.2, 0.25) is 15.9 Å². The molecule has 1 amide bonds. The van der Waals surface area contributed by atoms with Crippen molar-refractivity contribution in [3.05, 3.63) is 63.9 Å². The topological polar surface area (TPSA) is 79.0 Å². The molecule has 1 fully saturated rings. The molecule has 1 saturated carbocycles. The smallest absolute Gasteiger partial charge is 0.245 e. The fourth-order valence-corrected chi connectivity index (χ4v) is 7.14. The van der Waals surface area contributed by atoms with Crippen LogP contribution in [0.3, 0.4) is 0 Å². The van der Waals surface area contributed by atoms with Crippen LogP contribution >= 0.6 is 23.2 Å². The first-order chi connectivity index (χ1) is 18.5. The van der Waals surface area contributed by atoms with Crippen LogP contribution in [0, 0.1) is 17.7 Å². The molecule has 0 spiro atoms. The summed E-state index contributed by atoms with van der Waals surface area (Å²) in [5.41, 5.74) is 1.15. The molecule has 0 radical (unpaired) electrons. The highest BCUT2D eigenvalue weighted by molar-refractivity contribution is 7.89. The number of nitrogens with one attached hydrogen (secondary N) is 1. The Labute approximate surface area is 241 Å². The molecule has 39 heavy (non-hydrogen) atoms. The average Bonchev–Trinajstić information content (AvgIpc) is 2.88. The van der Waals surface area contributed by atoms with Gasteiger partial charge in [-0.05, 0) is 81.1 Å². The predicted molar refractivity (Wildman–Crippen MR) is 153 cm³/mol. The van der Waals surface area contributed by atoms with Crippen molar-refractivity contribution < 1.29 is 22.3 Å². The number of carbonyl (C=O) groups is 1. The van der Waals surface area contributed by atoms with Crippen LogP contribution in [0.4, 0.5) is 4.39 Å². The fourth-order valence-electron chi connectivity index (χ4n) is 5.24. The quantitative estimate of drug-likeness (QED) is 0.312. The molecule has 0 saturated heterocycles. The molecule has 1 unspecified atom stereocenters. The second-order valence-corrected chi connectivity index (χ2v) is 13.2. The molecular weight excluding hydrogens is 564 g/mol. The van der Waals surface area contributed by atoms with Gasteiger partial charge in [0.1, 0.15) is 17.3 Å². The summed E-state index contributed by atoms with van der Waals surface area (Å²) in [6.07, 6.45) is 5.30. The minimum Gasteiger partial charge on any atom is -0.370 e. The standard InChI is InChI=1S/C28H38Cl2FN3O4S/c1-33(2)28(22-8-11-24(31)12-9-22)21-6-4-20(5-7-21)14-15-32-27(35)19-38-17-16-34(3)39(36,37)26-13-10-23(29)18-25(26)30/h8-13,18,20-21,28H,4-7,14-17,19H2,1-3H3,(H,32,35). The Bertz CT molecular complexity index is 1190. The van der Waals surface area contributed by atoms with Crippen molar-refractivity contribution in [3.8, 4) is 0 Å². The first-order valence-electron chi connectivity index (χ1n) is 13.2. The van der Waals surface area contributed by atoms with Gasteiger partial charge in [0.15, 0.2) is 0 Å². The van der Waals surface area contributed by atoms with Gasteiger partial charge in [-0.1, -0.05) is 48.2 Å². The van der Waals surface area contributed by atoms with Crippen molar-refractivity contribution in [3.63, 3.8) is 0 Å². The SMILES string of the molecule is CN(C)C(c1ccc(F)cc1)C1CCC(CCNC(=O)COCCN(C)S(=O)(=O)c2ccc(Cl)cc2Cl)CC1. The van der Waals surface area contributed by atoms with Gasteiger partial charge in [-0.25, -0.2) is 12.8 Å². The Morgan fingerprint density at radius 1 is 1.08 bits per heavy atom. The highest BCUT2D eigenvalue weighted by Gasteiger charge is 2.30. The van der Waals surface area contributed by atoms with Crippen LogP contribution in [0.2, 0.25) is 10.0 Å². The molecular formula is C28H38Cl2FN3O4S. The van der Waals surface area contributed by atoms with Crippen molar-refractivity contribution in [2.24, 2.45) is 11.8 Å². The molecule has 3 rings (SSSR count). The molecule has 1 N–H and O–H groups in total. The van der Waals surface area contributed by atoms with E-state index in [9.17, 15) is 17.6 Å². The fraction of sp³-hybridized carbons (Fsp3) is 0.536. The summed E-state index contributed by atoms with van der Waals surface area (Å²) in [5, 5.41) is 3.30. The molecule has 2 aromatic carbocycles. The molecule has 1 atom stereocenters. The molecule has 7 nitrogen and oxygen atoms in total. The van der Waals surface area contributed by atoms with Gasteiger partial charge in [0.25, 0.3) is 0 Å². The Hall–Kier alpha value is -1.75. The van der Waals surface area contributed by atoms with Crippen molar-refractivity contribution in [1.82, 2.24) is 14.5 Å². The number of benzene rings is 2. The predicted octanol–water partition coefficient (Wildman–Crippen LogP) is 5.39. The van der Waals surface area contributed by atoms with Crippen molar-refractivity contribution in [1.29, 1.82) is 0 Å². The van der Waals surface area contributed by atoms with E-state index in [1.54, 1.807) is 0 Å². The molecule has 0 aromatic heterocycles. The van der Waals surface area contributed by atoms with Gasteiger partial charge >= 0.3 is 0 Å². The summed E-state index contributed by atoms with van der Waals surface area (Å²) in [6, 6.07) is 11.3. The summed E-state index contributed by atoms with van der Waals surface area (Å²) in [7, 11) is 1.77. The second-order valence-electron chi connectivity index (χ2n) is 10.3. The molecule has 1 aliphatic rings. The van der Waals surface area contributed by atoms with Crippen LogP contribution in [0.5, 0.6) is 0 Å². The van der Waals surface area contributed by atoms with Gasteiger partial charge in [0, 0.05) is 31.2 Å². The summed E-state index contributed by atoms with van der Waals surface area (Å²) in [4.78, 5) is 14.4.